The van der Waals surface area contributed by atoms with Crippen LogP contribution in [0.15, 0.2) is 234 Å². The van der Waals surface area contributed by atoms with E-state index in [1.165, 1.54) is 76.6 Å². The molecule has 59 heavy (non-hydrogen) atoms. The van der Waals surface area contributed by atoms with Gasteiger partial charge in [-0.25, -0.2) is 0 Å². The van der Waals surface area contributed by atoms with Crippen molar-refractivity contribution < 1.29 is 0 Å². The van der Waals surface area contributed by atoms with Crippen LogP contribution in [0.2, 0.25) is 0 Å². The Bertz CT molecular complexity index is 2960. The second-order valence-corrected chi connectivity index (χ2v) is 19.6. The number of benzene rings is 9. The van der Waals surface area contributed by atoms with E-state index >= 15 is 0 Å². The predicted molar refractivity (Wildman–Crippen MR) is 251 cm³/mol. The Balaban J connectivity index is 1.07. The van der Waals surface area contributed by atoms with Crippen LogP contribution in [0.3, 0.4) is 0 Å². The molecule has 0 bridgehead atoms. The number of nitrogens with zero attached hydrogens (tertiary/aromatic N) is 1. The van der Waals surface area contributed by atoms with Gasteiger partial charge in [0.15, 0.2) is 0 Å². The molecule has 0 aromatic heterocycles. The van der Waals surface area contributed by atoms with Crippen LogP contribution < -0.4 is 4.90 Å². The predicted octanol–water partition coefficient (Wildman–Crippen LogP) is 15.3. The Morgan fingerprint density at radius 2 is 0.797 bits per heavy atom. The standard InChI is InChI=1S/C57H43NS/c1-59(2)55-27-14-11-24-51(55)52-39-48(36-37-56(52)59)58(47-21-15-18-43(38-47)42-30-28-41(29-31-42)40-16-5-3-6-17-40)46-34-32-45(33-35-46)57(44-19-7-4-8-20-44)53-25-12-9-22-49(53)50-23-10-13-26-54(50)57/h3-39H,1-2H3. The van der Waals surface area contributed by atoms with Crippen molar-refractivity contribution in [2.45, 2.75) is 15.2 Å². The maximum absolute atomic E-state index is 2.45. The van der Waals surface area contributed by atoms with Crippen LogP contribution in [0.4, 0.5) is 17.1 Å². The molecule has 0 fully saturated rings. The van der Waals surface area contributed by atoms with E-state index in [4.69, 9.17) is 0 Å². The van der Waals surface area contributed by atoms with E-state index in [1.54, 1.807) is 0 Å². The van der Waals surface area contributed by atoms with Crippen molar-refractivity contribution >= 4 is 27.1 Å². The van der Waals surface area contributed by atoms with Gasteiger partial charge < -0.3 is 4.90 Å². The Kier molecular flexibility index (Phi) is 8.32. The maximum Gasteiger partial charge on any atom is 0.0713 e. The number of rotatable bonds is 7. The second kappa shape index (κ2) is 13.9. The number of anilines is 3. The van der Waals surface area contributed by atoms with E-state index in [9.17, 15) is 0 Å². The van der Waals surface area contributed by atoms with Gasteiger partial charge >= 0.3 is 0 Å². The summed E-state index contributed by atoms with van der Waals surface area (Å²) in [6.45, 7) is 0. The highest BCUT2D eigenvalue weighted by atomic mass is 32.3. The van der Waals surface area contributed by atoms with Crippen molar-refractivity contribution in [3.8, 4) is 44.5 Å². The average Bonchev–Trinajstić information content (AvgIpc) is 3.73. The fraction of sp³-hybridized carbons (Fsp3) is 0.0526. The molecule has 11 rings (SSSR count). The molecule has 1 aliphatic heterocycles. The molecular formula is C57H43NS. The van der Waals surface area contributed by atoms with Crippen molar-refractivity contribution in [3.63, 3.8) is 0 Å². The van der Waals surface area contributed by atoms with Gasteiger partial charge in [-0.15, -0.1) is 0 Å². The molecule has 2 heteroatoms. The summed E-state index contributed by atoms with van der Waals surface area (Å²) in [5.74, 6) is 0. The van der Waals surface area contributed by atoms with Crippen LogP contribution in [0.1, 0.15) is 22.3 Å². The van der Waals surface area contributed by atoms with E-state index in [-0.39, 0.29) is 0 Å². The molecule has 0 N–H and O–H groups in total. The third-order valence-corrected chi connectivity index (χ3v) is 15.6. The van der Waals surface area contributed by atoms with Gasteiger partial charge in [0, 0.05) is 26.9 Å². The molecule has 1 nitrogen and oxygen atoms in total. The van der Waals surface area contributed by atoms with Gasteiger partial charge in [0.2, 0.25) is 0 Å². The quantitative estimate of drug-likeness (QED) is 0.156. The molecular weight excluding hydrogens is 731 g/mol. The van der Waals surface area contributed by atoms with Gasteiger partial charge in [-0.1, -0.05) is 176 Å². The zero-order valence-corrected chi connectivity index (χ0v) is 34.0. The lowest BCUT2D eigenvalue weighted by atomic mass is 9.68. The number of fused-ring (bicyclic) bond motifs is 6. The van der Waals surface area contributed by atoms with Crippen LogP contribution in [-0.2, 0) is 5.41 Å². The molecule has 1 aliphatic carbocycles. The first-order valence-corrected chi connectivity index (χ1v) is 22.9. The minimum absolute atomic E-state index is 0.449. The topological polar surface area (TPSA) is 3.24 Å². The first kappa shape index (κ1) is 35.3. The summed E-state index contributed by atoms with van der Waals surface area (Å²) >= 11 is 0. The summed E-state index contributed by atoms with van der Waals surface area (Å²) in [4.78, 5) is 5.36. The van der Waals surface area contributed by atoms with Crippen molar-refractivity contribution in [1.29, 1.82) is 0 Å². The molecule has 0 atom stereocenters. The molecule has 9 aromatic carbocycles. The van der Waals surface area contributed by atoms with Gasteiger partial charge in [0.25, 0.3) is 0 Å². The fourth-order valence-electron chi connectivity index (χ4n) is 9.90. The molecule has 0 saturated carbocycles. The van der Waals surface area contributed by atoms with Gasteiger partial charge in [-0.3, -0.25) is 0 Å². The molecule has 1 heterocycles. The van der Waals surface area contributed by atoms with Crippen LogP contribution in [0, 0.1) is 0 Å². The normalized spacial score (nSPS) is 14.4. The zero-order valence-electron chi connectivity index (χ0n) is 33.2. The van der Waals surface area contributed by atoms with E-state index in [1.807, 2.05) is 0 Å². The Hall–Kier alpha value is -6.87. The third kappa shape index (κ3) is 5.55. The van der Waals surface area contributed by atoms with Gasteiger partial charge in [0.05, 0.1) is 5.41 Å². The van der Waals surface area contributed by atoms with Crippen LogP contribution in [0.25, 0.3) is 44.5 Å². The second-order valence-electron chi connectivity index (χ2n) is 16.1. The Morgan fingerprint density at radius 3 is 1.47 bits per heavy atom. The summed E-state index contributed by atoms with van der Waals surface area (Å²) in [7, 11) is -1.12. The molecule has 0 spiro atoms. The van der Waals surface area contributed by atoms with Gasteiger partial charge in [-0.05, 0) is 128 Å². The molecule has 282 valence electrons. The number of hydrogen-bond donors (Lipinski definition) is 0. The van der Waals surface area contributed by atoms with Crippen molar-refractivity contribution in [1.82, 2.24) is 0 Å². The Labute approximate surface area is 349 Å². The van der Waals surface area contributed by atoms with Gasteiger partial charge in [0.1, 0.15) is 0 Å². The summed E-state index contributed by atoms with van der Waals surface area (Å²) in [5.41, 5.74) is 18.2. The third-order valence-electron chi connectivity index (χ3n) is 12.6. The van der Waals surface area contributed by atoms with E-state index in [2.05, 4.69) is 242 Å². The first-order chi connectivity index (χ1) is 29.0. The van der Waals surface area contributed by atoms with Crippen LogP contribution in [0.5, 0.6) is 0 Å². The highest BCUT2D eigenvalue weighted by molar-refractivity contribution is 8.33. The van der Waals surface area contributed by atoms with Crippen LogP contribution >= 0.6 is 10.0 Å². The lowest BCUT2D eigenvalue weighted by Gasteiger charge is -2.34. The van der Waals surface area contributed by atoms with E-state index in [0.29, 0.717) is 0 Å². The summed E-state index contributed by atoms with van der Waals surface area (Å²) in [6, 6.07) is 83.2. The molecule has 0 amide bonds. The lowest BCUT2D eigenvalue weighted by molar-refractivity contribution is 0.768. The zero-order chi connectivity index (χ0) is 39.6. The SMILES string of the molecule is CS1(C)c2ccccc2-c2cc(N(c3ccc(C4(c5ccccc5)c5ccccc5-c5ccccc54)cc3)c3cccc(-c4ccc(-c5ccccc5)cc4)c3)ccc21. The van der Waals surface area contributed by atoms with E-state index < -0.39 is 15.4 Å². The van der Waals surface area contributed by atoms with Gasteiger partial charge in [-0.2, -0.15) is 10.0 Å². The fourth-order valence-corrected chi connectivity index (χ4v) is 12.4. The summed E-state index contributed by atoms with van der Waals surface area (Å²) < 4.78 is 0. The average molecular weight is 774 g/mol. The summed E-state index contributed by atoms with van der Waals surface area (Å²) in [6.07, 6.45) is 4.87. The smallest absolute Gasteiger partial charge is 0.0713 e. The van der Waals surface area contributed by atoms with Crippen molar-refractivity contribution in [2.75, 3.05) is 17.4 Å². The molecule has 0 unspecified atom stereocenters. The largest absolute Gasteiger partial charge is 0.310 e. The first-order valence-electron chi connectivity index (χ1n) is 20.4. The molecule has 0 radical (unpaired) electrons. The van der Waals surface area contributed by atoms with Crippen LogP contribution in [-0.4, -0.2) is 12.5 Å². The highest BCUT2D eigenvalue weighted by Gasteiger charge is 2.45. The maximum atomic E-state index is 2.45. The van der Waals surface area contributed by atoms with E-state index in [0.717, 1.165) is 17.1 Å². The minimum atomic E-state index is -1.12. The molecule has 0 saturated heterocycles. The highest BCUT2D eigenvalue weighted by Crippen LogP contribution is 2.67. The minimum Gasteiger partial charge on any atom is -0.310 e. The summed E-state index contributed by atoms with van der Waals surface area (Å²) in [5, 5.41) is 0. The van der Waals surface area contributed by atoms with Crippen molar-refractivity contribution in [2.24, 2.45) is 0 Å². The van der Waals surface area contributed by atoms with Crippen molar-refractivity contribution in [3.05, 3.63) is 247 Å². The monoisotopic (exact) mass is 773 g/mol. The molecule has 2 aliphatic rings. The number of hydrogen-bond acceptors (Lipinski definition) is 1. The molecule has 9 aromatic rings. The lowest BCUT2D eigenvalue weighted by Crippen LogP contribution is -2.28. The Morgan fingerprint density at radius 1 is 0.322 bits per heavy atom.